The molecule has 3 aromatic rings. The van der Waals surface area contributed by atoms with Crippen molar-refractivity contribution in [2.24, 2.45) is 5.92 Å². The molecule has 0 saturated heterocycles. The third kappa shape index (κ3) is 4.94. The Morgan fingerprint density at radius 3 is 2.56 bits per heavy atom. The summed E-state index contributed by atoms with van der Waals surface area (Å²) < 4.78 is 0. The lowest BCUT2D eigenvalue weighted by atomic mass is 9.83. The lowest BCUT2D eigenvalue weighted by Gasteiger charge is -2.29. The van der Waals surface area contributed by atoms with Crippen LogP contribution in [0.15, 0.2) is 96.7 Å². The molecule has 186 valence electrons. The zero-order chi connectivity index (χ0) is 25.1. The average Bonchev–Trinajstić information content (AvgIpc) is 3.11. The van der Waals surface area contributed by atoms with Crippen LogP contribution in [0.5, 0.6) is 0 Å². The number of hydrogen-bond acceptors (Lipinski definition) is 1. The van der Waals surface area contributed by atoms with Gasteiger partial charge < -0.3 is 4.90 Å². The minimum absolute atomic E-state index is 0.00374. The summed E-state index contributed by atoms with van der Waals surface area (Å²) in [4.78, 5) is 2.60. The van der Waals surface area contributed by atoms with Gasteiger partial charge in [0.05, 0.1) is 0 Å². The highest BCUT2D eigenvalue weighted by molar-refractivity contribution is 5.86. The maximum Gasteiger partial charge on any atom is 0.0450 e. The van der Waals surface area contributed by atoms with E-state index >= 15 is 0 Å². The van der Waals surface area contributed by atoms with Crippen molar-refractivity contribution in [1.29, 1.82) is 0 Å². The number of benzene rings is 3. The second kappa shape index (κ2) is 10.5. The van der Waals surface area contributed by atoms with Crippen LogP contribution in [0.25, 0.3) is 10.8 Å². The lowest BCUT2D eigenvalue weighted by Crippen LogP contribution is -2.28. The molecule has 0 amide bonds. The van der Waals surface area contributed by atoms with Crippen molar-refractivity contribution in [2.45, 2.75) is 71.1 Å². The number of anilines is 1. The van der Waals surface area contributed by atoms with Gasteiger partial charge in [-0.3, -0.25) is 0 Å². The van der Waals surface area contributed by atoms with E-state index in [1.165, 1.54) is 77.4 Å². The first-order chi connectivity index (χ1) is 17.4. The van der Waals surface area contributed by atoms with E-state index in [4.69, 9.17) is 0 Å². The van der Waals surface area contributed by atoms with Gasteiger partial charge in [-0.2, -0.15) is 0 Å². The zero-order valence-electron chi connectivity index (χ0n) is 22.4. The Balaban J connectivity index is 1.34. The molecule has 0 spiro atoms. The molecule has 1 aliphatic carbocycles. The number of rotatable bonds is 7. The van der Waals surface area contributed by atoms with Crippen molar-refractivity contribution < 1.29 is 0 Å². The van der Waals surface area contributed by atoms with Gasteiger partial charge in [0, 0.05) is 23.3 Å². The number of allylic oxidation sites excluding steroid dienone is 5. The predicted octanol–water partition coefficient (Wildman–Crippen LogP) is 9.46. The molecule has 0 unspecified atom stereocenters. The first-order valence-electron chi connectivity index (χ1n) is 13.9. The second-order valence-corrected chi connectivity index (χ2v) is 11.4. The van der Waals surface area contributed by atoms with E-state index in [-0.39, 0.29) is 5.41 Å². The third-order valence-corrected chi connectivity index (χ3v) is 8.60. The molecule has 1 saturated carbocycles. The van der Waals surface area contributed by atoms with Crippen LogP contribution in [-0.2, 0) is 11.8 Å². The largest absolute Gasteiger partial charge is 0.344 e. The van der Waals surface area contributed by atoms with Gasteiger partial charge in [0.25, 0.3) is 0 Å². The Kier molecular flexibility index (Phi) is 7.19. The van der Waals surface area contributed by atoms with E-state index in [1.54, 1.807) is 0 Å². The lowest BCUT2D eigenvalue weighted by molar-refractivity contribution is 0.341. The van der Waals surface area contributed by atoms with E-state index < -0.39 is 0 Å². The van der Waals surface area contributed by atoms with Gasteiger partial charge in [-0.15, -0.1) is 0 Å². The normalized spacial score (nSPS) is 18.9. The molecule has 0 bridgehead atoms. The Labute approximate surface area is 218 Å². The summed E-state index contributed by atoms with van der Waals surface area (Å²) in [6.07, 6.45) is 16.0. The van der Waals surface area contributed by atoms with Gasteiger partial charge in [-0.05, 0) is 65.3 Å². The SMILES string of the molecule is C=C(/C=C/C=C1/N(CCC2CCCCC2)c2ccccc2C1(C)C)Cc1ccc2ccccc2c1C. The number of nitrogens with zero attached hydrogens (tertiary/aromatic N) is 1. The van der Waals surface area contributed by atoms with E-state index in [2.05, 4.69) is 111 Å². The molecule has 1 nitrogen and oxygen atoms in total. The summed E-state index contributed by atoms with van der Waals surface area (Å²) in [5, 5.41) is 2.65. The Morgan fingerprint density at radius 2 is 1.72 bits per heavy atom. The molecule has 3 aromatic carbocycles. The summed E-state index contributed by atoms with van der Waals surface area (Å²) in [5.41, 5.74) is 8.12. The molecule has 1 fully saturated rings. The van der Waals surface area contributed by atoms with Crippen molar-refractivity contribution in [3.63, 3.8) is 0 Å². The summed E-state index contributed by atoms with van der Waals surface area (Å²) >= 11 is 0. The van der Waals surface area contributed by atoms with Crippen LogP contribution in [-0.4, -0.2) is 6.54 Å². The molecule has 1 heteroatoms. The number of aryl methyl sites for hydroxylation is 1. The molecular weight excluding hydrogens is 434 g/mol. The number of para-hydroxylation sites is 1. The zero-order valence-corrected chi connectivity index (χ0v) is 22.4. The maximum absolute atomic E-state index is 4.40. The van der Waals surface area contributed by atoms with Crippen molar-refractivity contribution in [3.05, 3.63) is 113 Å². The van der Waals surface area contributed by atoms with Gasteiger partial charge in [0.15, 0.2) is 0 Å². The quantitative estimate of drug-likeness (QED) is 0.308. The predicted molar refractivity (Wildman–Crippen MR) is 157 cm³/mol. The molecule has 5 rings (SSSR count). The Morgan fingerprint density at radius 1 is 0.972 bits per heavy atom. The van der Waals surface area contributed by atoms with Crippen LogP contribution in [0.4, 0.5) is 5.69 Å². The topological polar surface area (TPSA) is 3.24 Å². The number of fused-ring (bicyclic) bond motifs is 2. The van der Waals surface area contributed by atoms with Gasteiger partial charge >= 0.3 is 0 Å². The highest BCUT2D eigenvalue weighted by Gasteiger charge is 2.39. The van der Waals surface area contributed by atoms with E-state index in [1.807, 2.05) is 0 Å². The maximum atomic E-state index is 4.40. The molecule has 0 N–H and O–H groups in total. The third-order valence-electron chi connectivity index (χ3n) is 8.60. The molecule has 0 radical (unpaired) electrons. The van der Waals surface area contributed by atoms with Crippen molar-refractivity contribution >= 4 is 16.5 Å². The van der Waals surface area contributed by atoms with Crippen molar-refractivity contribution in [3.8, 4) is 0 Å². The summed E-state index contributed by atoms with van der Waals surface area (Å²) in [5.74, 6) is 0.886. The minimum atomic E-state index is 0.00374. The summed E-state index contributed by atoms with van der Waals surface area (Å²) in [7, 11) is 0. The summed E-state index contributed by atoms with van der Waals surface area (Å²) in [6, 6.07) is 22.1. The highest BCUT2D eigenvalue weighted by Crippen LogP contribution is 2.48. The van der Waals surface area contributed by atoms with Gasteiger partial charge in [-0.25, -0.2) is 0 Å². The smallest absolute Gasteiger partial charge is 0.0450 e. The van der Waals surface area contributed by atoms with E-state index in [0.29, 0.717) is 0 Å². The standard InChI is InChI=1S/C35H41N/c1-26(25-30-22-21-29-16-8-9-17-31(29)27(30)2)13-12-20-34-35(3,4)32-18-10-11-19-33(32)36(34)24-23-28-14-6-5-7-15-28/h8-13,16-22,28H,1,5-7,14-15,23-25H2,2-4H3/b13-12+,34-20+. The molecule has 2 aliphatic rings. The highest BCUT2D eigenvalue weighted by atomic mass is 15.2. The molecule has 0 aromatic heterocycles. The van der Waals surface area contributed by atoms with Crippen LogP contribution in [0.1, 0.15) is 69.1 Å². The fourth-order valence-corrected chi connectivity index (χ4v) is 6.41. The molecule has 1 aliphatic heterocycles. The minimum Gasteiger partial charge on any atom is -0.344 e. The first kappa shape index (κ1) is 24.6. The monoisotopic (exact) mass is 475 g/mol. The fraction of sp³-hybridized carbons (Fsp3) is 0.371. The average molecular weight is 476 g/mol. The first-order valence-corrected chi connectivity index (χ1v) is 13.9. The molecule has 36 heavy (non-hydrogen) atoms. The van der Waals surface area contributed by atoms with Crippen LogP contribution < -0.4 is 4.90 Å². The Hall–Kier alpha value is -3.06. The van der Waals surface area contributed by atoms with Crippen molar-refractivity contribution in [1.82, 2.24) is 0 Å². The van der Waals surface area contributed by atoms with E-state index in [9.17, 15) is 0 Å². The van der Waals surface area contributed by atoms with Crippen LogP contribution >= 0.6 is 0 Å². The van der Waals surface area contributed by atoms with Gasteiger partial charge in [0.2, 0.25) is 0 Å². The molecule has 1 heterocycles. The van der Waals surface area contributed by atoms with Crippen LogP contribution in [0.2, 0.25) is 0 Å². The second-order valence-electron chi connectivity index (χ2n) is 11.4. The number of hydrogen-bond donors (Lipinski definition) is 0. The fourth-order valence-electron chi connectivity index (χ4n) is 6.41. The molecule has 0 atom stereocenters. The van der Waals surface area contributed by atoms with Crippen LogP contribution in [0.3, 0.4) is 0 Å². The summed E-state index contributed by atoms with van der Waals surface area (Å²) in [6.45, 7) is 12.5. The van der Waals surface area contributed by atoms with E-state index in [0.717, 1.165) is 24.5 Å². The Bertz CT molecular complexity index is 1300. The van der Waals surface area contributed by atoms with Crippen molar-refractivity contribution in [2.75, 3.05) is 11.4 Å². The van der Waals surface area contributed by atoms with Gasteiger partial charge in [0.1, 0.15) is 0 Å². The van der Waals surface area contributed by atoms with Gasteiger partial charge in [-0.1, -0.05) is 125 Å². The molecular formula is C35H41N. The van der Waals surface area contributed by atoms with Crippen LogP contribution in [0, 0.1) is 12.8 Å².